The Morgan fingerprint density at radius 1 is 1.20 bits per heavy atom. The Balaban J connectivity index is 1.29. The zero-order valence-corrected chi connectivity index (χ0v) is 17.3. The maximum Gasteiger partial charge on any atom is 0.325 e. The summed E-state index contributed by atoms with van der Waals surface area (Å²) in [5.74, 6) is -0.497. The monoisotopic (exact) mass is 412 g/mol. The largest absolute Gasteiger partial charge is 0.349 e. The summed E-state index contributed by atoms with van der Waals surface area (Å²) in [6.07, 6.45) is 5.87. The highest BCUT2D eigenvalue weighted by Gasteiger charge is 2.52. The second-order valence-corrected chi connectivity index (χ2v) is 8.61. The Labute approximate surface area is 175 Å². The lowest BCUT2D eigenvalue weighted by atomic mass is 9.98. The van der Waals surface area contributed by atoms with Crippen LogP contribution in [0.4, 0.5) is 10.5 Å². The highest BCUT2D eigenvalue weighted by atomic mass is 16.2. The normalized spacial score (nSPS) is 19.8. The number of hydrogen-bond donors (Lipinski definition) is 3. The third-order valence-corrected chi connectivity index (χ3v) is 6.17. The van der Waals surface area contributed by atoms with E-state index in [9.17, 15) is 19.2 Å². The molecule has 1 aliphatic heterocycles. The van der Waals surface area contributed by atoms with Gasteiger partial charge in [-0.3, -0.25) is 19.3 Å². The van der Waals surface area contributed by atoms with E-state index < -0.39 is 5.54 Å². The van der Waals surface area contributed by atoms with Crippen LogP contribution in [0.15, 0.2) is 18.2 Å². The van der Waals surface area contributed by atoms with E-state index in [-0.39, 0.29) is 42.8 Å². The summed E-state index contributed by atoms with van der Waals surface area (Å²) in [5.41, 5.74) is 1.27. The van der Waals surface area contributed by atoms with E-state index in [1.54, 1.807) is 12.1 Å². The van der Waals surface area contributed by atoms with Crippen molar-refractivity contribution in [1.82, 2.24) is 15.5 Å². The van der Waals surface area contributed by atoms with E-state index in [0.29, 0.717) is 30.5 Å². The standard InChI is InChI=1S/C22H28N4O4/c1-14-6-7-15(19(28)23-16-8-9-16)13-17(14)24-18(27)5-4-12-26-20(29)22(25-21(26)30)10-2-3-11-22/h6-7,13,16H,2-5,8-12H2,1H3,(H,23,28)(H,24,27)(H,25,30). The number of aryl methyl sites for hydroxylation is 1. The maximum absolute atomic E-state index is 12.6. The molecule has 3 aliphatic rings. The van der Waals surface area contributed by atoms with E-state index in [4.69, 9.17) is 0 Å². The van der Waals surface area contributed by atoms with E-state index >= 15 is 0 Å². The van der Waals surface area contributed by atoms with Gasteiger partial charge in [-0.05, 0) is 56.7 Å². The summed E-state index contributed by atoms with van der Waals surface area (Å²) in [6.45, 7) is 2.09. The molecule has 3 fully saturated rings. The second kappa shape index (κ2) is 8.08. The van der Waals surface area contributed by atoms with Crippen LogP contribution in [-0.4, -0.2) is 46.8 Å². The van der Waals surface area contributed by atoms with Gasteiger partial charge in [0.05, 0.1) is 0 Å². The van der Waals surface area contributed by atoms with Crippen LogP contribution in [0, 0.1) is 6.92 Å². The van der Waals surface area contributed by atoms with Crippen molar-refractivity contribution in [3.63, 3.8) is 0 Å². The van der Waals surface area contributed by atoms with Gasteiger partial charge in [0.25, 0.3) is 11.8 Å². The van der Waals surface area contributed by atoms with Gasteiger partial charge in [-0.1, -0.05) is 18.9 Å². The number of amides is 5. The third kappa shape index (κ3) is 4.17. The zero-order valence-electron chi connectivity index (χ0n) is 17.3. The number of nitrogens with one attached hydrogen (secondary N) is 3. The number of anilines is 1. The maximum atomic E-state index is 12.6. The van der Waals surface area contributed by atoms with Crippen LogP contribution in [0.3, 0.4) is 0 Å². The number of carbonyl (C=O) groups excluding carboxylic acids is 4. The van der Waals surface area contributed by atoms with E-state index in [2.05, 4.69) is 16.0 Å². The number of imide groups is 1. The molecule has 1 spiro atoms. The minimum Gasteiger partial charge on any atom is -0.349 e. The van der Waals surface area contributed by atoms with Gasteiger partial charge >= 0.3 is 6.03 Å². The molecule has 2 saturated carbocycles. The molecule has 8 heteroatoms. The molecule has 0 atom stereocenters. The Bertz CT molecular complexity index is 887. The van der Waals surface area contributed by atoms with Crippen molar-refractivity contribution in [3.8, 4) is 0 Å². The van der Waals surface area contributed by atoms with Crippen LogP contribution in [0.25, 0.3) is 0 Å². The molecule has 1 heterocycles. The highest BCUT2D eigenvalue weighted by molar-refractivity contribution is 6.07. The van der Waals surface area contributed by atoms with Crippen molar-refractivity contribution in [2.24, 2.45) is 0 Å². The Hall–Kier alpha value is -2.90. The molecule has 4 rings (SSSR count). The molecule has 30 heavy (non-hydrogen) atoms. The molecule has 8 nitrogen and oxygen atoms in total. The van der Waals surface area contributed by atoms with Gasteiger partial charge in [0.2, 0.25) is 5.91 Å². The van der Waals surface area contributed by atoms with Gasteiger partial charge in [0.1, 0.15) is 5.54 Å². The quantitative estimate of drug-likeness (QED) is 0.598. The van der Waals surface area contributed by atoms with E-state index in [1.807, 2.05) is 13.0 Å². The molecule has 5 amide bonds. The Morgan fingerprint density at radius 3 is 2.63 bits per heavy atom. The second-order valence-electron chi connectivity index (χ2n) is 8.61. The average Bonchev–Trinajstić information content (AvgIpc) is 3.34. The van der Waals surface area contributed by atoms with Crippen molar-refractivity contribution in [3.05, 3.63) is 29.3 Å². The number of hydrogen-bond acceptors (Lipinski definition) is 4. The predicted molar refractivity (Wildman–Crippen MR) is 111 cm³/mol. The van der Waals surface area contributed by atoms with Gasteiger partial charge < -0.3 is 16.0 Å². The van der Waals surface area contributed by atoms with Crippen molar-refractivity contribution in [1.29, 1.82) is 0 Å². The van der Waals surface area contributed by atoms with Crippen LogP contribution in [0.1, 0.15) is 67.3 Å². The third-order valence-electron chi connectivity index (χ3n) is 6.17. The van der Waals surface area contributed by atoms with Crippen molar-refractivity contribution in [2.45, 2.75) is 69.9 Å². The fourth-order valence-electron chi connectivity index (χ4n) is 4.20. The lowest BCUT2D eigenvalue weighted by molar-refractivity contribution is -0.131. The number of urea groups is 1. The summed E-state index contributed by atoms with van der Waals surface area (Å²) >= 11 is 0. The molecular weight excluding hydrogens is 384 g/mol. The van der Waals surface area contributed by atoms with Crippen LogP contribution < -0.4 is 16.0 Å². The molecular formula is C22H28N4O4. The Morgan fingerprint density at radius 2 is 1.93 bits per heavy atom. The van der Waals surface area contributed by atoms with Crippen LogP contribution in [-0.2, 0) is 9.59 Å². The molecule has 1 aromatic rings. The average molecular weight is 412 g/mol. The minimum atomic E-state index is -0.710. The molecule has 0 unspecified atom stereocenters. The van der Waals surface area contributed by atoms with Crippen LogP contribution in [0.2, 0.25) is 0 Å². The lowest BCUT2D eigenvalue weighted by Gasteiger charge is -2.20. The molecule has 3 N–H and O–H groups in total. The van der Waals surface area contributed by atoms with Crippen molar-refractivity contribution in [2.75, 3.05) is 11.9 Å². The topological polar surface area (TPSA) is 108 Å². The predicted octanol–water partition coefficient (Wildman–Crippen LogP) is 2.47. The molecule has 0 radical (unpaired) electrons. The summed E-state index contributed by atoms with van der Waals surface area (Å²) in [4.78, 5) is 50.7. The SMILES string of the molecule is Cc1ccc(C(=O)NC2CC2)cc1NC(=O)CCCN1C(=O)NC2(CCCC2)C1=O. The number of carbonyl (C=O) groups is 4. The van der Waals surface area contributed by atoms with Gasteiger partial charge in [0, 0.05) is 30.3 Å². The molecule has 160 valence electrons. The highest BCUT2D eigenvalue weighted by Crippen LogP contribution is 2.35. The minimum absolute atomic E-state index is 0.132. The van der Waals surface area contributed by atoms with Gasteiger partial charge in [-0.15, -0.1) is 0 Å². The fraction of sp³-hybridized carbons (Fsp3) is 0.545. The lowest BCUT2D eigenvalue weighted by Crippen LogP contribution is -2.44. The van der Waals surface area contributed by atoms with Crippen LogP contribution >= 0.6 is 0 Å². The zero-order chi connectivity index (χ0) is 21.3. The first-order valence-electron chi connectivity index (χ1n) is 10.7. The Kier molecular flexibility index (Phi) is 5.49. The van der Waals surface area contributed by atoms with Crippen molar-refractivity contribution >= 4 is 29.4 Å². The summed E-state index contributed by atoms with van der Waals surface area (Å²) in [5, 5.41) is 8.63. The molecule has 2 aliphatic carbocycles. The van der Waals surface area contributed by atoms with Gasteiger partial charge in [0.15, 0.2) is 0 Å². The fourth-order valence-corrected chi connectivity index (χ4v) is 4.20. The first-order valence-corrected chi connectivity index (χ1v) is 10.7. The van der Waals surface area contributed by atoms with E-state index in [0.717, 1.165) is 31.2 Å². The van der Waals surface area contributed by atoms with Crippen molar-refractivity contribution < 1.29 is 19.2 Å². The number of nitrogens with zero attached hydrogens (tertiary/aromatic N) is 1. The molecule has 0 aromatic heterocycles. The summed E-state index contributed by atoms with van der Waals surface area (Å²) in [7, 11) is 0. The smallest absolute Gasteiger partial charge is 0.325 e. The summed E-state index contributed by atoms with van der Waals surface area (Å²) in [6, 6.07) is 5.16. The summed E-state index contributed by atoms with van der Waals surface area (Å²) < 4.78 is 0. The van der Waals surface area contributed by atoms with E-state index in [1.165, 1.54) is 4.90 Å². The number of benzene rings is 1. The molecule has 0 bridgehead atoms. The van der Waals surface area contributed by atoms with Gasteiger partial charge in [-0.2, -0.15) is 0 Å². The number of rotatable bonds is 7. The first-order chi connectivity index (χ1) is 14.4. The van der Waals surface area contributed by atoms with Crippen LogP contribution in [0.5, 0.6) is 0 Å². The first kappa shape index (κ1) is 20.4. The molecule has 1 aromatic carbocycles. The van der Waals surface area contributed by atoms with Gasteiger partial charge in [-0.25, -0.2) is 4.79 Å². The molecule has 1 saturated heterocycles.